The first-order valence-corrected chi connectivity index (χ1v) is 18.1. The van der Waals surface area contributed by atoms with Gasteiger partial charge in [0.25, 0.3) is 11.8 Å². The summed E-state index contributed by atoms with van der Waals surface area (Å²) < 4.78 is 9.67. The summed E-state index contributed by atoms with van der Waals surface area (Å²) >= 11 is 0. The Bertz CT molecular complexity index is 2040. The first kappa shape index (κ1) is 32.9. The fourth-order valence-corrected chi connectivity index (χ4v) is 9.51. The number of aromatic nitrogens is 3. The van der Waals surface area contributed by atoms with E-state index in [4.69, 9.17) is 4.42 Å². The van der Waals surface area contributed by atoms with Crippen molar-refractivity contribution in [3.05, 3.63) is 66.4 Å². The average molecular weight is 724 g/mol. The lowest BCUT2D eigenvalue weighted by molar-refractivity contribution is -0.139. The minimum Gasteiger partial charge on any atom is -0.465 e. The number of likely N-dealkylation sites (tertiary alicyclic amines) is 4. The third-order valence-corrected chi connectivity index (χ3v) is 12.0. The quantitative estimate of drug-likeness (QED) is 0.258. The first-order chi connectivity index (χ1) is 25.6. The lowest BCUT2D eigenvalue weighted by atomic mass is 9.91. The summed E-state index contributed by atoms with van der Waals surface area (Å²) in [4.78, 5) is 93.0. The van der Waals surface area contributed by atoms with E-state index < -0.39 is 59.0 Å². The number of benzene rings is 2. The van der Waals surface area contributed by atoms with E-state index in [0.29, 0.717) is 60.6 Å². The molecule has 16 heteroatoms. The monoisotopic (exact) mass is 723 g/mol. The van der Waals surface area contributed by atoms with Crippen LogP contribution in [0.5, 0.6) is 0 Å². The summed E-state index contributed by atoms with van der Waals surface area (Å²) in [6, 6.07) is 12.3. The molecule has 4 amide bonds. The van der Waals surface area contributed by atoms with Crippen molar-refractivity contribution >= 4 is 57.9 Å². The van der Waals surface area contributed by atoms with Crippen molar-refractivity contribution in [1.29, 1.82) is 0 Å². The van der Waals surface area contributed by atoms with E-state index in [2.05, 4.69) is 4.98 Å². The van der Waals surface area contributed by atoms with Gasteiger partial charge in [-0.05, 0) is 99.9 Å². The third kappa shape index (κ3) is 4.50. The predicted octanol–water partition coefficient (Wildman–Crippen LogP) is 4.06. The van der Waals surface area contributed by atoms with Gasteiger partial charge >= 0.3 is 12.2 Å². The fourth-order valence-electron chi connectivity index (χ4n) is 9.51. The molecule has 16 nitrogen and oxygen atoms in total. The van der Waals surface area contributed by atoms with Gasteiger partial charge in [-0.1, -0.05) is 0 Å². The SMILES string of the molecule is O=C(O)N1CCC[C@H]1C(=O)N1CCC[C@@]1(C(=O)n1c2ccc1cc2)c1cnc([C@]2(C(=O)n3c4ccc3cc4)CCCN2C(=O)[C@@H]2CCCN2C(=O)O)o1. The second-order valence-corrected chi connectivity index (χ2v) is 14.5. The van der Waals surface area contributed by atoms with Gasteiger partial charge in [-0.2, -0.15) is 0 Å². The van der Waals surface area contributed by atoms with Crippen LogP contribution in [0.3, 0.4) is 0 Å². The van der Waals surface area contributed by atoms with Crippen molar-refractivity contribution in [2.75, 3.05) is 26.2 Å². The van der Waals surface area contributed by atoms with Crippen LogP contribution in [0.25, 0.3) is 22.1 Å². The molecular weight excluding hydrogens is 686 g/mol. The molecule has 0 spiro atoms. The largest absolute Gasteiger partial charge is 0.465 e. The first-order valence-electron chi connectivity index (χ1n) is 18.1. The number of hydrogen-bond donors (Lipinski definition) is 2. The molecule has 274 valence electrons. The molecule has 4 fully saturated rings. The Labute approximate surface area is 301 Å². The maximum Gasteiger partial charge on any atom is 0.407 e. The minimum atomic E-state index is -1.81. The van der Waals surface area contributed by atoms with Gasteiger partial charge in [0.05, 0.1) is 6.20 Å². The molecule has 4 aliphatic heterocycles. The summed E-state index contributed by atoms with van der Waals surface area (Å²) in [7, 11) is 0. The van der Waals surface area contributed by atoms with Crippen LogP contribution < -0.4 is 0 Å². The maximum absolute atomic E-state index is 15.0. The second-order valence-electron chi connectivity index (χ2n) is 14.5. The van der Waals surface area contributed by atoms with Gasteiger partial charge in [-0.3, -0.25) is 38.1 Å². The van der Waals surface area contributed by atoms with Crippen LogP contribution in [0.15, 0.2) is 59.1 Å². The summed E-state index contributed by atoms with van der Waals surface area (Å²) in [6.45, 7) is 0.657. The number of oxazole rings is 1. The molecule has 0 aliphatic carbocycles. The Hall–Kier alpha value is -5.93. The van der Waals surface area contributed by atoms with Gasteiger partial charge in [0, 0.05) is 48.2 Å². The molecule has 9 heterocycles. The average Bonchev–Trinajstić information content (AvgIpc) is 4.02. The van der Waals surface area contributed by atoms with Crippen molar-refractivity contribution < 1.29 is 43.4 Å². The van der Waals surface area contributed by atoms with E-state index in [1.54, 1.807) is 48.5 Å². The zero-order valence-corrected chi connectivity index (χ0v) is 28.7. The molecule has 4 saturated heterocycles. The van der Waals surface area contributed by atoms with Crippen LogP contribution in [0.1, 0.15) is 72.6 Å². The molecule has 4 atom stereocenters. The van der Waals surface area contributed by atoms with Crippen molar-refractivity contribution in [1.82, 2.24) is 33.7 Å². The highest BCUT2D eigenvalue weighted by molar-refractivity contribution is 6.03. The Morgan fingerprint density at radius 2 is 1.02 bits per heavy atom. The molecule has 2 N–H and O–H groups in total. The Balaban J connectivity index is 1.19. The van der Waals surface area contributed by atoms with Gasteiger partial charge < -0.3 is 24.4 Å². The van der Waals surface area contributed by atoms with E-state index in [-0.39, 0.29) is 50.7 Å². The van der Waals surface area contributed by atoms with Crippen molar-refractivity contribution in [2.24, 2.45) is 0 Å². The van der Waals surface area contributed by atoms with Crippen LogP contribution >= 0.6 is 0 Å². The molecule has 0 radical (unpaired) electrons. The van der Waals surface area contributed by atoms with Crippen molar-refractivity contribution in [3.63, 3.8) is 0 Å². The Morgan fingerprint density at radius 1 is 0.604 bits per heavy atom. The van der Waals surface area contributed by atoms with Gasteiger partial charge in [0.15, 0.2) is 16.8 Å². The van der Waals surface area contributed by atoms with Crippen LogP contribution in [-0.2, 0) is 20.7 Å². The highest BCUT2D eigenvalue weighted by atomic mass is 16.4. The van der Waals surface area contributed by atoms with E-state index in [0.717, 1.165) is 9.80 Å². The molecule has 5 aromatic heterocycles. The molecule has 53 heavy (non-hydrogen) atoms. The van der Waals surface area contributed by atoms with Crippen molar-refractivity contribution in [3.8, 4) is 0 Å². The molecule has 4 aliphatic rings. The van der Waals surface area contributed by atoms with Crippen molar-refractivity contribution in [2.45, 2.75) is 74.5 Å². The normalized spacial score (nSPS) is 26.2. The molecule has 0 aromatic carbocycles. The summed E-state index contributed by atoms with van der Waals surface area (Å²) in [5.41, 5.74) is -1.16. The van der Waals surface area contributed by atoms with Gasteiger partial charge in [-0.15, -0.1) is 0 Å². The molecule has 0 unspecified atom stereocenters. The smallest absolute Gasteiger partial charge is 0.407 e. The number of amides is 4. The number of carboxylic acid groups (broad SMARTS) is 2. The number of hydrogen-bond acceptors (Lipinski definition) is 8. The number of carbonyl (C=O) groups excluding carboxylic acids is 4. The number of carbonyl (C=O) groups is 6. The van der Waals surface area contributed by atoms with Crippen LogP contribution in [0, 0.1) is 0 Å². The zero-order chi connectivity index (χ0) is 36.8. The van der Waals surface area contributed by atoms with E-state index >= 15 is 9.59 Å². The highest BCUT2D eigenvalue weighted by Crippen LogP contribution is 2.47. The van der Waals surface area contributed by atoms with E-state index in [1.807, 2.05) is 0 Å². The van der Waals surface area contributed by atoms with Gasteiger partial charge in [0.2, 0.25) is 17.7 Å². The van der Waals surface area contributed by atoms with Gasteiger partial charge in [-0.25, -0.2) is 14.6 Å². The molecule has 4 bridgehead atoms. The lowest BCUT2D eigenvalue weighted by Crippen LogP contribution is -2.57. The molecular formula is C37H37N7O9. The van der Waals surface area contributed by atoms with Crippen LogP contribution in [0.2, 0.25) is 0 Å². The third-order valence-electron chi connectivity index (χ3n) is 12.0. The predicted molar refractivity (Wildman–Crippen MR) is 185 cm³/mol. The lowest BCUT2D eigenvalue weighted by Gasteiger charge is -2.38. The van der Waals surface area contributed by atoms with Crippen LogP contribution in [-0.4, -0.2) is 118 Å². The highest BCUT2D eigenvalue weighted by Gasteiger charge is 2.61. The van der Waals surface area contributed by atoms with Gasteiger partial charge in [0.1, 0.15) is 12.1 Å². The number of rotatable bonds is 6. The van der Waals surface area contributed by atoms with Crippen LogP contribution in [0.4, 0.5) is 9.59 Å². The Morgan fingerprint density at radius 3 is 1.47 bits per heavy atom. The summed E-state index contributed by atoms with van der Waals surface area (Å²) in [5.74, 6) is -2.18. The van der Waals surface area contributed by atoms with E-state index in [1.165, 1.54) is 25.1 Å². The fraction of sp³-hybridized carbons (Fsp3) is 0.432. The number of fused-ring (bicyclic) bond motifs is 4. The summed E-state index contributed by atoms with van der Waals surface area (Å²) in [6.07, 6.45) is 1.52. The molecule has 5 aromatic rings. The Kier molecular flexibility index (Phi) is 7.33. The zero-order valence-electron chi connectivity index (χ0n) is 28.7. The standard InChI is InChI=1S/C37H37N7O9/c45-29(26-5-1-17-39(26)34(49)50)41-19-3-15-36(41,32(47)43-22-7-8-23(43)10-9-22)28-21-38-31(53-28)37(33(48)44-24-11-12-25(44)14-13-24)16-4-20-42(37)30(46)27-6-2-18-40(27)35(51)52/h7-14,21,26-27H,1-6,15-20H2,(H,49,50)(H,51,52)/t26-,27-,36-,37-/m0/s1. The maximum atomic E-state index is 15.0. The summed E-state index contributed by atoms with van der Waals surface area (Å²) in [5, 5.41) is 19.8. The minimum absolute atomic E-state index is 0.00354. The number of nitrogens with zero attached hydrogens (tertiary/aromatic N) is 7. The topological polar surface area (TPSA) is 192 Å². The molecule has 9 rings (SSSR count). The second kappa shape index (κ2) is 11.8. The van der Waals surface area contributed by atoms with E-state index in [9.17, 15) is 29.4 Å². The molecule has 0 saturated carbocycles.